The van der Waals surface area contributed by atoms with Gasteiger partial charge in [-0.05, 0) is 32.9 Å². The summed E-state index contributed by atoms with van der Waals surface area (Å²) in [6.07, 6.45) is 1.23. The Morgan fingerprint density at radius 1 is 1.32 bits per heavy atom. The summed E-state index contributed by atoms with van der Waals surface area (Å²) in [5.74, 6) is 0. The molecular weight excluding hydrogens is 302 g/mol. The molecule has 0 aromatic heterocycles. The molecule has 0 spiro atoms. The number of aryl methyl sites for hydroxylation is 1. The number of sulfonamides is 1. The van der Waals surface area contributed by atoms with Gasteiger partial charge in [0.2, 0.25) is 10.0 Å². The zero-order chi connectivity index (χ0) is 16.2. The second-order valence-electron chi connectivity index (χ2n) is 5.40. The van der Waals surface area contributed by atoms with Crippen molar-refractivity contribution in [1.82, 2.24) is 4.31 Å². The van der Waals surface area contributed by atoms with Gasteiger partial charge in [0.25, 0.3) is 6.10 Å². The van der Waals surface area contributed by atoms with Gasteiger partial charge in [-0.25, -0.2) is 8.42 Å². The van der Waals surface area contributed by atoms with Gasteiger partial charge in [0.15, 0.2) is 6.54 Å². The van der Waals surface area contributed by atoms with Crippen molar-refractivity contribution in [3.05, 3.63) is 35.9 Å². The van der Waals surface area contributed by atoms with Crippen LogP contribution in [0.2, 0.25) is 0 Å². The van der Waals surface area contributed by atoms with Gasteiger partial charge in [0, 0.05) is 6.61 Å². The van der Waals surface area contributed by atoms with Crippen LogP contribution in [0.1, 0.15) is 25.8 Å². The predicted molar refractivity (Wildman–Crippen MR) is 84.8 cm³/mol. The first kappa shape index (κ1) is 17.3. The van der Waals surface area contributed by atoms with Crippen molar-refractivity contribution in [2.75, 3.05) is 26.3 Å². The summed E-state index contributed by atoms with van der Waals surface area (Å²) in [7, 11) is -3.50. The second-order valence-corrected chi connectivity index (χ2v) is 7.34. The molecule has 6 heteroatoms. The van der Waals surface area contributed by atoms with Gasteiger partial charge in [0.05, 0.1) is 18.0 Å². The van der Waals surface area contributed by atoms with Gasteiger partial charge in [-0.3, -0.25) is 0 Å². The van der Waals surface area contributed by atoms with E-state index in [1.165, 1.54) is 4.31 Å². The number of morpholine rings is 1. The molecule has 22 heavy (non-hydrogen) atoms. The van der Waals surface area contributed by atoms with Crippen LogP contribution in [0, 0.1) is 13.0 Å². The molecule has 122 valence electrons. The lowest BCUT2D eigenvalue weighted by atomic mass is 10.2. The summed E-state index contributed by atoms with van der Waals surface area (Å²) in [4.78, 5) is 0.325. The molecule has 0 radical (unpaired) electrons. The van der Waals surface area contributed by atoms with Crippen molar-refractivity contribution in [1.29, 1.82) is 0 Å². The smallest absolute Gasteiger partial charge is 0.257 e. The fraction of sp³-hybridized carbons (Fsp3) is 0.562. The summed E-state index contributed by atoms with van der Waals surface area (Å²) in [5, 5.41) is 0. The molecule has 1 atom stereocenters. The summed E-state index contributed by atoms with van der Waals surface area (Å²) < 4.78 is 38.3. The quantitative estimate of drug-likeness (QED) is 0.753. The normalized spacial score (nSPS) is 20.3. The molecule has 1 aliphatic rings. The molecular formula is C16H24NO4S+. The molecule has 0 N–H and O–H groups in total. The summed E-state index contributed by atoms with van der Waals surface area (Å²) in [6.45, 7) is 7.44. The first-order chi connectivity index (χ1) is 10.5. The van der Waals surface area contributed by atoms with Crippen LogP contribution in [-0.4, -0.2) is 45.1 Å². The lowest BCUT2D eigenvalue weighted by Crippen LogP contribution is -2.48. The average molecular weight is 326 g/mol. The molecule has 1 aliphatic heterocycles. The molecule has 1 aromatic rings. The first-order valence-corrected chi connectivity index (χ1v) is 9.07. The molecule has 0 aliphatic carbocycles. The summed E-state index contributed by atoms with van der Waals surface area (Å²) >= 11 is 0. The van der Waals surface area contributed by atoms with Crippen molar-refractivity contribution in [2.45, 2.75) is 38.2 Å². The minimum absolute atomic E-state index is 0.246. The highest BCUT2D eigenvalue weighted by molar-refractivity contribution is 7.89. The zero-order valence-electron chi connectivity index (χ0n) is 13.4. The van der Waals surface area contributed by atoms with Crippen LogP contribution >= 0.6 is 0 Å². The molecule has 1 heterocycles. The lowest BCUT2D eigenvalue weighted by Gasteiger charge is -2.29. The van der Waals surface area contributed by atoms with Gasteiger partial charge < -0.3 is 4.74 Å². The van der Waals surface area contributed by atoms with Crippen LogP contribution in [0.3, 0.4) is 0 Å². The van der Waals surface area contributed by atoms with E-state index in [9.17, 15) is 8.42 Å². The minimum atomic E-state index is -3.50. The maximum absolute atomic E-state index is 12.8. The maximum Gasteiger partial charge on any atom is 0.257 e. The van der Waals surface area contributed by atoms with Crippen LogP contribution in [-0.2, 0) is 19.5 Å². The lowest BCUT2D eigenvalue weighted by molar-refractivity contribution is -0.0466. The Balaban J connectivity index is 2.18. The first-order valence-electron chi connectivity index (χ1n) is 7.63. The van der Waals surface area contributed by atoms with Crippen molar-refractivity contribution >= 4 is 10.0 Å². The number of rotatable bonds is 6. The largest absolute Gasteiger partial charge is 0.379 e. The highest BCUT2D eigenvalue weighted by Crippen LogP contribution is 2.26. The number of ether oxygens (including phenoxy) is 2. The van der Waals surface area contributed by atoms with Gasteiger partial charge in [-0.15, -0.1) is 0 Å². The molecule has 2 rings (SSSR count). The van der Waals surface area contributed by atoms with Gasteiger partial charge in [-0.2, -0.15) is 9.04 Å². The fourth-order valence-electron chi connectivity index (χ4n) is 2.37. The highest BCUT2D eigenvalue weighted by Gasteiger charge is 2.42. The van der Waals surface area contributed by atoms with E-state index in [0.717, 1.165) is 11.7 Å². The topological polar surface area (TPSA) is 55.8 Å². The highest BCUT2D eigenvalue weighted by atomic mass is 32.2. The number of nitrogens with zero attached hydrogens (tertiary/aromatic N) is 1. The zero-order valence-corrected chi connectivity index (χ0v) is 14.2. The number of hydrogen-bond acceptors (Lipinski definition) is 4. The average Bonchev–Trinajstić information content (AvgIpc) is 2.53. The van der Waals surface area contributed by atoms with Crippen molar-refractivity contribution in [2.24, 2.45) is 0 Å². The molecule has 5 nitrogen and oxygen atoms in total. The van der Waals surface area contributed by atoms with Gasteiger partial charge >= 0.3 is 0 Å². The molecule has 1 unspecified atom stereocenters. The van der Waals surface area contributed by atoms with Crippen molar-refractivity contribution in [3.63, 3.8) is 0 Å². The Labute approximate surface area is 133 Å². The van der Waals surface area contributed by atoms with E-state index >= 15 is 0 Å². The summed E-state index contributed by atoms with van der Waals surface area (Å²) in [6, 6.07) is 6.94. The molecule has 0 bridgehead atoms. The van der Waals surface area contributed by atoms with E-state index in [2.05, 4.69) is 0 Å². The van der Waals surface area contributed by atoms with Crippen LogP contribution in [0.5, 0.6) is 0 Å². The van der Waals surface area contributed by atoms with Crippen molar-refractivity contribution < 1.29 is 17.9 Å². The van der Waals surface area contributed by atoms with Crippen LogP contribution in [0.4, 0.5) is 0 Å². The van der Waals surface area contributed by atoms with E-state index in [0.29, 0.717) is 37.6 Å². The van der Waals surface area contributed by atoms with E-state index in [1.807, 2.05) is 32.9 Å². The molecule has 1 saturated heterocycles. The standard InChI is InChI=1S/C16H24NO4S/c1-4-14-10-17(11-15(21-14)12-20-5-2)22(18,19)16-8-6-13(3)7-9-16/h6-9,15H,4-5,10-12H2,1-3H3/q+1. The minimum Gasteiger partial charge on any atom is -0.379 e. The Hall–Kier alpha value is -1.08. The second kappa shape index (κ2) is 7.46. The third-order valence-corrected chi connectivity index (χ3v) is 5.48. The number of hydrogen-bond donors (Lipinski definition) is 0. The maximum atomic E-state index is 12.8. The molecule has 0 amide bonds. The Morgan fingerprint density at radius 3 is 2.59 bits per heavy atom. The van der Waals surface area contributed by atoms with E-state index in [-0.39, 0.29) is 6.10 Å². The monoisotopic (exact) mass is 326 g/mol. The number of benzene rings is 1. The predicted octanol–water partition coefficient (Wildman–Crippen LogP) is 2.36. The van der Waals surface area contributed by atoms with E-state index < -0.39 is 10.0 Å². The van der Waals surface area contributed by atoms with Crippen LogP contribution < -0.4 is 0 Å². The Bertz CT molecular complexity index is 570. The van der Waals surface area contributed by atoms with Gasteiger partial charge in [0.1, 0.15) is 12.5 Å². The van der Waals surface area contributed by atoms with Crippen molar-refractivity contribution in [3.8, 4) is 0 Å². The third-order valence-electron chi connectivity index (χ3n) is 3.65. The third kappa shape index (κ3) is 4.01. The van der Waals surface area contributed by atoms with Gasteiger partial charge in [-0.1, -0.05) is 17.7 Å². The SMILES string of the molecule is CCOCC1CN(S(=O)(=O)c2ccc(C)cc2)C[C+](CC)O1. The molecule has 1 fully saturated rings. The Morgan fingerprint density at radius 2 is 2.00 bits per heavy atom. The van der Waals surface area contributed by atoms with E-state index in [1.54, 1.807) is 12.1 Å². The van der Waals surface area contributed by atoms with E-state index in [4.69, 9.17) is 9.47 Å². The molecule has 1 aromatic carbocycles. The summed E-state index contributed by atoms with van der Waals surface area (Å²) in [5.41, 5.74) is 1.04. The molecule has 0 saturated carbocycles. The fourth-order valence-corrected chi connectivity index (χ4v) is 3.83. The van der Waals surface area contributed by atoms with Crippen LogP contribution in [0.25, 0.3) is 0 Å². The Kier molecular flexibility index (Phi) is 5.86. The van der Waals surface area contributed by atoms with Crippen LogP contribution in [0.15, 0.2) is 29.2 Å².